The van der Waals surface area contributed by atoms with Crippen molar-refractivity contribution in [2.75, 3.05) is 20.3 Å². The first-order chi connectivity index (χ1) is 13.2. The van der Waals surface area contributed by atoms with Crippen LogP contribution in [0.1, 0.15) is 29.3 Å². The van der Waals surface area contributed by atoms with Crippen molar-refractivity contribution < 1.29 is 19.0 Å². The van der Waals surface area contributed by atoms with Crippen molar-refractivity contribution in [1.29, 1.82) is 0 Å². The predicted octanol–water partition coefficient (Wildman–Crippen LogP) is 3.81. The Hall–Kier alpha value is -3.28. The Labute approximate surface area is 159 Å². The summed E-state index contributed by atoms with van der Waals surface area (Å²) >= 11 is 0. The van der Waals surface area contributed by atoms with Gasteiger partial charge < -0.3 is 14.2 Å². The van der Waals surface area contributed by atoms with Gasteiger partial charge in [-0.2, -0.15) is 5.10 Å². The molecule has 0 heterocycles. The van der Waals surface area contributed by atoms with Gasteiger partial charge in [-0.3, -0.25) is 4.79 Å². The van der Waals surface area contributed by atoms with Crippen LogP contribution in [-0.2, 0) is 0 Å². The van der Waals surface area contributed by atoms with Gasteiger partial charge in [0.15, 0.2) is 11.5 Å². The van der Waals surface area contributed by atoms with E-state index in [4.69, 9.17) is 14.2 Å². The number of hydrogen-bond donors (Lipinski definition) is 1. The molecule has 0 fully saturated rings. The van der Waals surface area contributed by atoms with E-state index in [1.54, 1.807) is 30.5 Å². The van der Waals surface area contributed by atoms with Crippen LogP contribution < -0.4 is 19.6 Å². The number of amides is 1. The third-order valence-electron chi connectivity index (χ3n) is 3.49. The van der Waals surface area contributed by atoms with Gasteiger partial charge >= 0.3 is 0 Å². The lowest BCUT2D eigenvalue weighted by Crippen LogP contribution is -2.17. The Morgan fingerprint density at radius 3 is 2.78 bits per heavy atom. The quantitative estimate of drug-likeness (QED) is 0.393. The van der Waals surface area contributed by atoms with E-state index in [1.165, 1.54) is 7.11 Å². The van der Waals surface area contributed by atoms with Crippen molar-refractivity contribution in [2.24, 2.45) is 5.10 Å². The number of benzene rings is 2. The summed E-state index contributed by atoms with van der Waals surface area (Å²) in [4.78, 5) is 12.3. The average molecular weight is 368 g/mol. The largest absolute Gasteiger partial charge is 0.494 e. The molecule has 0 bridgehead atoms. The van der Waals surface area contributed by atoms with E-state index >= 15 is 0 Å². The molecule has 0 aliphatic rings. The average Bonchev–Trinajstić information content (AvgIpc) is 2.70. The summed E-state index contributed by atoms with van der Waals surface area (Å²) in [5, 5.41) is 4.00. The predicted molar refractivity (Wildman–Crippen MR) is 106 cm³/mol. The van der Waals surface area contributed by atoms with Gasteiger partial charge in [0.25, 0.3) is 5.91 Å². The number of carbonyl (C=O) groups is 1. The third kappa shape index (κ3) is 6.18. The maximum atomic E-state index is 12.3. The van der Waals surface area contributed by atoms with Gasteiger partial charge in [-0.1, -0.05) is 31.7 Å². The molecule has 0 atom stereocenters. The zero-order chi connectivity index (χ0) is 19.5. The van der Waals surface area contributed by atoms with Crippen molar-refractivity contribution in [3.05, 3.63) is 66.2 Å². The minimum absolute atomic E-state index is 0.349. The van der Waals surface area contributed by atoms with Crippen molar-refractivity contribution >= 4 is 12.1 Å². The van der Waals surface area contributed by atoms with Crippen LogP contribution in [-0.4, -0.2) is 32.4 Å². The topological polar surface area (TPSA) is 69.2 Å². The number of nitrogens with one attached hydrogen (secondary N) is 1. The highest BCUT2D eigenvalue weighted by molar-refractivity contribution is 5.95. The van der Waals surface area contributed by atoms with Crippen molar-refractivity contribution in [1.82, 2.24) is 5.43 Å². The minimum atomic E-state index is -0.349. The second kappa shape index (κ2) is 10.7. The second-order valence-electron chi connectivity index (χ2n) is 5.59. The first-order valence-electron chi connectivity index (χ1n) is 8.66. The number of methoxy groups -OCH3 is 1. The molecule has 0 saturated carbocycles. The first kappa shape index (κ1) is 20.0. The third-order valence-corrected chi connectivity index (χ3v) is 3.49. The SMILES string of the molecule is C=CCOc1ccc(C(=O)N/N=C/c2cccc(OCCC)c2)cc1OC. The van der Waals surface area contributed by atoms with Crippen LogP contribution in [0, 0.1) is 0 Å². The van der Waals surface area contributed by atoms with Crippen LogP contribution in [0.3, 0.4) is 0 Å². The van der Waals surface area contributed by atoms with Crippen LogP contribution in [0.5, 0.6) is 17.2 Å². The standard InChI is InChI=1S/C21H24N2O4/c1-4-11-26-18-8-6-7-16(13-18)15-22-23-21(24)17-9-10-19(27-12-5-2)20(14-17)25-3/h5-10,13-15H,2,4,11-12H2,1,3H3,(H,23,24)/b22-15+. The highest BCUT2D eigenvalue weighted by atomic mass is 16.5. The lowest BCUT2D eigenvalue weighted by atomic mass is 10.2. The molecule has 0 radical (unpaired) electrons. The molecule has 6 heteroatoms. The van der Waals surface area contributed by atoms with E-state index in [9.17, 15) is 4.79 Å². The Kier molecular flexibility index (Phi) is 7.91. The fraction of sp³-hybridized carbons (Fsp3) is 0.238. The summed E-state index contributed by atoms with van der Waals surface area (Å²) in [6.07, 6.45) is 4.14. The zero-order valence-corrected chi connectivity index (χ0v) is 15.6. The van der Waals surface area contributed by atoms with E-state index in [2.05, 4.69) is 17.1 Å². The molecule has 2 rings (SSSR count). The van der Waals surface area contributed by atoms with Crippen LogP contribution >= 0.6 is 0 Å². The second-order valence-corrected chi connectivity index (χ2v) is 5.59. The maximum absolute atomic E-state index is 12.3. The normalized spacial score (nSPS) is 10.4. The summed E-state index contributed by atoms with van der Waals surface area (Å²) in [6.45, 7) is 6.66. The zero-order valence-electron chi connectivity index (χ0n) is 15.6. The van der Waals surface area contributed by atoms with Crippen LogP contribution in [0.4, 0.5) is 0 Å². The molecule has 1 N–H and O–H groups in total. The first-order valence-corrected chi connectivity index (χ1v) is 8.66. The molecule has 6 nitrogen and oxygen atoms in total. The maximum Gasteiger partial charge on any atom is 0.271 e. The minimum Gasteiger partial charge on any atom is -0.494 e. The lowest BCUT2D eigenvalue weighted by molar-refractivity contribution is 0.0954. The number of carbonyl (C=O) groups excluding carboxylic acids is 1. The molecule has 2 aromatic carbocycles. The number of rotatable bonds is 10. The number of ether oxygens (including phenoxy) is 3. The number of nitrogens with zero attached hydrogens (tertiary/aromatic N) is 1. The summed E-state index contributed by atoms with van der Waals surface area (Å²) in [7, 11) is 1.52. The van der Waals surface area contributed by atoms with E-state index in [-0.39, 0.29) is 5.91 Å². The molecule has 1 amide bonds. The molecule has 0 aromatic heterocycles. The van der Waals surface area contributed by atoms with Crippen LogP contribution in [0.2, 0.25) is 0 Å². The Balaban J connectivity index is 2.00. The van der Waals surface area contributed by atoms with Gasteiger partial charge in [-0.05, 0) is 42.3 Å². The van der Waals surface area contributed by atoms with Crippen LogP contribution in [0.25, 0.3) is 0 Å². The molecule has 0 saturated heterocycles. The molecule has 0 aliphatic carbocycles. The van der Waals surface area contributed by atoms with Crippen LogP contribution in [0.15, 0.2) is 60.2 Å². The molecular formula is C21H24N2O4. The van der Waals surface area contributed by atoms with Crippen molar-refractivity contribution in [3.8, 4) is 17.2 Å². The van der Waals surface area contributed by atoms with E-state index in [1.807, 2.05) is 31.2 Å². The Morgan fingerprint density at radius 1 is 1.19 bits per heavy atom. The molecule has 0 unspecified atom stereocenters. The van der Waals surface area contributed by atoms with E-state index in [0.717, 1.165) is 17.7 Å². The van der Waals surface area contributed by atoms with E-state index < -0.39 is 0 Å². The lowest BCUT2D eigenvalue weighted by Gasteiger charge is -2.10. The van der Waals surface area contributed by atoms with E-state index in [0.29, 0.717) is 30.3 Å². The Morgan fingerprint density at radius 2 is 2.04 bits per heavy atom. The van der Waals surface area contributed by atoms with Crippen molar-refractivity contribution in [3.63, 3.8) is 0 Å². The molecular weight excluding hydrogens is 344 g/mol. The molecule has 27 heavy (non-hydrogen) atoms. The monoisotopic (exact) mass is 368 g/mol. The van der Waals surface area contributed by atoms with Gasteiger partial charge in [-0.15, -0.1) is 0 Å². The molecule has 142 valence electrons. The van der Waals surface area contributed by atoms with Gasteiger partial charge in [0.2, 0.25) is 0 Å². The summed E-state index contributed by atoms with van der Waals surface area (Å²) in [5.41, 5.74) is 3.74. The van der Waals surface area contributed by atoms with Gasteiger partial charge in [0.1, 0.15) is 12.4 Å². The fourth-order valence-electron chi connectivity index (χ4n) is 2.21. The number of hydrazone groups is 1. The number of hydrogen-bond acceptors (Lipinski definition) is 5. The smallest absolute Gasteiger partial charge is 0.271 e. The highest BCUT2D eigenvalue weighted by Crippen LogP contribution is 2.28. The summed E-state index contributed by atoms with van der Waals surface area (Å²) in [5.74, 6) is 1.43. The van der Waals surface area contributed by atoms with Gasteiger partial charge in [0, 0.05) is 5.56 Å². The summed E-state index contributed by atoms with van der Waals surface area (Å²) in [6, 6.07) is 12.4. The molecule has 2 aromatic rings. The highest BCUT2D eigenvalue weighted by Gasteiger charge is 2.10. The van der Waals surface area contributed by atoms with Gasteiger partial charge in [-0.25, -0.2) is 5.43 Å². The van der Waals surface area contributed by atoms with Crippen molar-refractivity contribution in [2.45, 2.75) is 13.3 Å². The Bertz CT molecular complexity index is 803. The fourth-order valence-corrected chi connectivity index (χ4v) is 2.21. The van der Waals surface area contributed by atoms with Gasteiger partial charge in [0.05, 0.1) is 19.9 Å². The molecule has 0 aliphatic heterocycles. The summed E-state index contributed by atoms with van der Waals surface area (Å²) < 4.78 is 16.3. The molecule has 0 spiro atoms.